The first-order valence-corrected chi connectivity index (χ1v) is 7.03. The van der Waals surface area contributed by atoms with Gasteiger partial charge < -0.3 is 10.2 Å². The minimum atomic E-state index is 0.241. The van der Waals surface area contributed by atoms with Gasteiger partial charge in [0.2, 0.25) is 5.91 Å². The van der Waals surface area contributed by atoms with Crippen LogP contribution in [-0.2, 0) is 4.79 Å². The molecule has 1 saturated heterocycles. The summed E-state index contributed by atoms with van der Waals surface area (Å²) in [6.45, 7) is 3.15. The van der Waals surface area contributed by atoms with Crippen molar-refractivity contribution in [1.29, 1.82) is 0 Å². The lowest BCUT2D eigenvalue weighted by Gasteiger charge is -2.29. The molecule has 1 unspecified atom stereocenters. The van der Waals surface area contributed by atoms with E-state index in [2.05, 4.69) is 29.6 Å². The topological polar surface area (TPSA) is 32.3 Å². The number of rotatable bonds is 2. The Hall–Kier alpha value is -1.00. The zero-order valence-electron chi connectivity index (χ0n) is 9.69. The summed E-state index contributed by atoms with van der Waals surface area (Å²) < 4.78 is 0. The number of piperazine rings is 1. The molecule has 0 aromatic heterocycles. The molecule has 2 heterocycles. The number of hydrogen-bond donors (Lipinski definition) is 1. The standard InChI is InChI=1S/C13H16N2OS/c16-13-7-14-5-6-15(13)8-10-9-17-12-4-2-1-3-11(10)12/h1-4,10,14H,5-9H2. The van der Waals surface area contributed by atoms with Gasteiger partial charge in [0.05, 0.1) is 6.54 Å². The van der Waals surface area contributed by atoms with Gasteiger partial charge in [0.15, 0.2) is 0 Å². The van der Waals surface area contributed by atoms with Crippen molar-refractivity contribution in [3.63, 3.8) is 0 Å². The molecular formula is C13H16N2OS. The molecule has 0 bridgehead atoms. The van der Waals surface area contributed by atoms with E-state index >= 15 is 0 Å². The summed E-state index contributed by atoms with van der Waals surface area (Å²) in [5, 5.41) is 3.11. The monoisotopic (exact) mass is 248 g/mol. The minimum Gasteiger partial charge on any atom is -0.340 e. The van der Waals surface area contributed by atoms with Crippen LogP contribution < -0.4 is 5.32 Å². The Morgan fingerprint density at radius 1 is 1.41 bits per heavy atom. The maximum atomic E-state index is 11.8. The lowest BCUT2D eigenvalue weighted by molar-refractivity contribution is -0.132. The summed E-state index contributed by atoms with van der Waals surface area (Å²) in [5.41, 5.74) is 1.42. The van der Waals surface area contributed by atoms with E-state index in [-0.39, 0.29) is 5.91 Å². The smallest absolute Gasteiger partial charge is 0.236 e. The third-order valence-corrected chi connectivity index (χ3v) is 4.68. The molecule has 1 N–H and O–H groups in total. The number of carbonyl (C=O) groups excluding carboxylic acids is 1. The van der Waals surface area contributed by atoms with Crippen molar-refractivity contribution in [2.75, 3.05) is 31.9 Å². The highest BCUT2D eigenvalue weighted by molar-refractivity contribution is 7.99. The maximum absolute atomic E-state index is 11.8. The molecule has 90 valence electrons. The van der Waals surface area contributed by atoms with E-state index in [1.165, 1.54) is 10.5 Å². The third-order valence-electron chi connectivity index (χ3n) is 3.43. The number of nitrogens with zero attached hydrogens (tertiary/aromatic N) is 1. The van der Waals surface area contributed by atoms with E-state index in [1.54, 1.807) is 0 Å². The van der Waals surface area contributed by atoms with Crippen LogP contribution in [0.2, 0.25) is 0 Å². The van der Waals surface area contributed by atoms with Crippen LogP contribution in [0.1, 0.15) is 11.5 Å². The van der Waals surface area contributed by atoms with Crippen LogP contribution >= 0.6 is 11.8 Å². The highest BCUT2D eigenvalue weighted by Crippen LogP contribution is 2.39. The first-order chi connectivity index (χ1) is 8.34. The van der Waals surface area contributed by atoms with Crippen LogP contribution in [0.25, 0.3) is 0 Å². The molecule has 0 aliphatic carbocycles. The van der Waals surface area contributed by atoms with Crippen molar-refractivity contribution in [2.24, 2.45) is 0 Å². The van der Waals surface area contributed by atoms with Crippen LogP contribution in [-0.4, -0.2) is 42.7 Å². The van der Waals surface area contributed by atoms with Crippen molar-refractivity contribution < 1.29 is 4.79 Å². The SMILES string of the molecule is O=C1CNCCN1CC1CSc2ccccc21. The molecule has 2 aliphatic heterocycles. The van der Waals surface area contributed by atoms with Crippen LogP contribution in [0, 0.1) is 0 Å². The van der Waals surface area contributed by atoms with Gasteiger partial charge in [-0.1, -0.05) is 18.2 Å². The summed E-state index contributed by atoms with van der Waals surface area (Å²) in [6, 6.07) is 8.56. The van der Waals surface area contributed by atoms with Crippen molar-refractivity contribution in [1.82, 2.24) is 10.2 Å². The Morgan fingerprint density at radius 3 is 3.18 bits per heavy atom. The number of nitrogens with one attached hydrogen (secondary N) is 1. The number of benzene rings is 1. The Bertz CT molecular complexity index is 435. The van der Waals surface area contributed by atoms with Gasteiger partial charge in [0.25, 0.3) is 0 Å². The van der Waals surface area contributed by atoms with Crippen molar-refractivity contribution >= 4 is 17.7 Å². The van der Waals surface area contributed by atoms with Crippen LogP contribution in [0.3, 0.4) is 0 Å². The molecular weight excluding hydrogens is 232 g/mol. The van der Waals surface area contributed by atoms with Gasteiger partial charge in [-0.15, -0.1) is 11.8 Å². The lowest BCUT2D eigenvalue weighted by Crippen LogP contribution is -2.49. The molecule has 3 nitrogen and oxygen atoms in total. The van der Waals surface area contributed by atoms with Gasteiger partial charge in [-0.2, -0.15) is 0 Å². The van der Waals surface area contributed by atoms with Crippen LogP contribution in [0.4, 0.5) is 0 Å². The van der Waals surface area contributed by atoms with Crippen molar-refractivity contribution in [2.45, 2.75) is 10.8 Å². The van der Waals surface area contributed by atoms with Crippen molar-refractivity contribution in [3.05, 3.63) is 29.8 Å². The van der Waals surface area contributed by atoms with Gasteiger partial charge in [0.1, 0.15) is 0 Å². The molecule has 2 aliphatic rings. The molecule has 0 saturated carbocycles. The Morgan fingerprint density at radius 2 is 2.29 bits per heavy atom. The van der Waals surface area contributed by atoms with Gasteiger partial charge in [-0.25, -0.2) is 0 Å². The fraction of sp³-hybridized carbons (Fsp3) is 0.462. The Labute approximate surface area is 106 Å². The maximum Gasteiger partial charge on any atom is 0.236 e. The predicted molar refractivity (Wildman–Crippen MR) is 69.4 cm³/mol. The third kappa shape index (κ3) is 2.19. The van der Waals surface area contributed by atoms with E-state index in [0.717, 1.165) is 25.4 Å². The first-order valence-electron chi connectivity index (χ1n) is 6.05. The second-order valence-electron chi connectivity index (χ2n) is 4.56. The molecule has 1 amide bonds. The number of fused-ring (bicyclic) bond motifs is 1. The highest BCUT2D eigenvalue weighted by Gasteiger charge is 2.27. The lowest BCUT2D eigenvalue weighted by atomic mass is 10.0. The van der Waals surface area contributed by atoms with Crippen molar-refractivity contribution in [3.8, 4) is 0 Å². The molecule has 3 rings (SSSR count). The fourth-order valence-electron chi connectivity index (χ4n) is 2.49. The normalized spacial score (nSPS) is 23.9. The molecule has 1 fully saturated rings. The number of thioether (sulfide) groups is 1. The van der Waals surface area contributed by atoms with Gasteiger partial charge >= 0.3 is 0 Å². The summed E-state index contributed by atoms with van der Waals surface area (Å²) in [4.78, 5) is 15.1. The molecule has 0 radical (unpaired) electrons. The molecule has 1 aromatic carbocycles. The molecule has 1 atom stereocenters. The second kappa shape index (κ2) is 4.70. The minimum absolute atomic E-state index is 0.241. The second-order valence-corrected chi connectivity index (χ2v) is 5.62. The molecule has 4 heteroatoms. The zero-order chi connectivity index (χ0) is 11.7. The Kier molecular flexibility index (Phi) is 3.07. The van der Waals surface area contributed by atoms with Crippen LogP contribution in [0.5, 0.6) is 0 Å². The van der Waals surface area contributed by atoms with E-state index < -0.39 is 0 Å². The predicted octanol–water partition coefficient (Wildman–Crippen LogP) is 1.31. The van der Waals surface area contributed by atoms with E-state index in [4.69, 9.17) is 0 Å². The highest BCUT2D eigenvalue weighted by atomic mass is 32.2. The molecule has 0 spiro atoms. The Balaban J connectivity index is 1.72. The average Bonchev–Trinajstić information content (AvgIpc) is 2.76. The summed E-state index contributed by atoms with van der Waals surface area (Å²) >= 11 is 1.91. The molecule has 1 aromatic rings. The largest absolute Gasteiger partial charge is 0.340 e. The number of amides is 1. The first kappa shape index (κ1) is 11.1. The zero-order valence-corrected chi connectivity index (χ0v) is 10.5. The van der Waals surface area contributed by atoms with E-state index in [0.29, 0.717) is 12.5 Å². The summed E-state index contributed by atoms with van der Waals surface area (Å²) in [5.74, 6) is 1.86. The number of carbonyl (C=O) groups is 1. The fourth-order valence-corrected chi connectivity index (χ4v) is 3.73. The molecule has 17 heavy (non-hydrogen) atoms. The van der Waals surface area contributed by atoms with E-state index in [9.17, 15) is 4.79 Å². The van der Waals surface area contributed by atoms with Gasteiger partial charge in [-0.3, -0.25) is 4.79 Å². The quantitative estimate of drug-likeness (QED) is 0.856. The van der Waals surface area contributed by atoms with Gasteiger partial charge in [0, 0.05) is 36.2 Å². The average molecular weight is 248 g/mol. The van der Waals surface area contributed by atoms with E-state index in [1.807, 2.05) is 16.7 Å². The van der Waals surface area contributed by atoms with Crippen LogP contribution in [0.15, 0.2) is 29.2 Å². The summed E-state index contributed by atoms with van der Waals surface area (Å²) in [6.07, 6.45) is 0. The van der Waals surface area contributed by atoms with Gasteiger partial charge in [-0.05, 0) is 11.6 Å². The summed E-state index contributed by atoms with van der Waals surface area (Å²) in [7, 11) is 0. The number of hydrogen-bond acceptors (Lipinski definition) is 3.